The molecule has 1 aliphatic carbocycles. The normalized spacial score (nSPS) is 22.6. The monoisotopic (exact) mass is 438 g/mol. The van der Waals surface area contributed by atoms with Crippen molar-refractivity contribution in [2.45, 2.75) is 25.3 Å². The second kappa shape index (κ2) is 7.90. The molecule has 3 nitrogen and oxygen atoms in total. The molecule has 6 heteroatoms. The molecule has 1 amide bonds. The van der Waals surface area contributed by atoms with E-state index in [0.29, 0.717) is 10.6 Å². The molecule has 5 rings (SSSR count). The molecule has 0 N–H and O–H groups in total. The Labute approximate surface area is 182 Å². The summed E-state index contributed by atoms with van der Waals surface area (Å²) in [6, 6.07) is 15.4. The van der Waals surface area contributed by atoms with Crippen LogP contribution < -0.4 is 0 Å². The Balaban J connectivity index is 1.57. The lowest BCUT2D eigenvalue weighted by molar-refractivity contribution is 0.0684. The van der Waals surface area contributed by atoms with Crippen LogP contribution in [0.2, 0.25) is 5.02 Å². The van der Waals surface area contributed by atoms with Gasteiger partial charge in [0.15, 0.2) is 0 Å². The number of thiophene rings is 2. The number of carbonyl (C=O) groups is 1. The van der Waals surface area contributed by atoms with Crippen LogP contribution in [0.5, 0.6) is 0 Å². The van der Waals surface area contributed by atoms with Crippen molar-refractivity contribution in [3.63, 3.8) is 0 Å². The van der Waals surface area contributed by atoms with E-state index < -0.39 is 0 Å². The van der Waals surface area contributed by atoms with Gasteiger partial charge in [0.05, 0.1) is 11.8 Å². The van der Waals surface area contributed by atoms with Crippen molar-refractivity contribution in [3.05, 3.63) is 85.2 Å². The summed E-state index contributed by atoms with van der Waals surface area (Å²) in [5.74, 6) is 0.139. The number of carbonyl (C=O) groups excluding carboxylic acids is 1. The molecule has 0 saturated heterocycles. The molecule has 1 fully saturated rings. The summed E-state index contributed by atoms with van der Waals surface area (Å²) in [7, 11) is 0. The van der Waals surface area contributed by atoms with E-state index >= 15 is 0 Å². The summed E-state index contributed by atoms with van der Waals surface area (Å²) in [6.45, 7) is 0. The molecule has 2 aliphatic rings. The standard InChI is InChI=1S/C23H19ClN2OS2/c24-17-7-1-6-16(13-17)23(27)26-22(20-10-4-12-29-20)19-9-2-5-15(21(19)25-26)14-18-8-3-11-28-18/h1,3-4,6-8,10-14,19,22H,2,5,9H2/b15-14+/t19-,22+/m0/s1. The molecule has 0 unspecified atom stereocenters. The average Bonchev–Trinajstić information content (AvgIpc) is 3.48. The minimum absolute atomic E-state index is 0.0523. The van der Waals surface area contributed by atoms with Gasteiger partial charge in [0, 0.05) is 26.3 Å². The van der Waals surface area contributed by atoms with Crippen molar-refractivity contribution >= 4 is 52.0 Å². The third-order valence-corrected chi connectivity index (χ3v) is 7.47. The zero-order valence-corrected chi connectivity index (χ0v) is 18.0. The highest BCUT2D eigenvalue weighted by Crippen LogP contribution is 2.46. The quantitative estimate of drug-likeness (QED) is 0.437. The van der Waals surface area contributed by atoms with Crippen LogP contribution in [0.4, 0.5) is 0 Å². The Kier molecular flexibility index (Phi) is 5.12. The lowest BCUT2D eigenvalue weighted by Crippen LogP contribution is -2.31. The van der Waals surface area contributed by atoms with Crippen LogP contribution in [0, 0.1) is 5.92 Å². The summed E-state index contributed by atoms with van der Waals surface area (Å²) in [6.07, 6.45) is 5.41. The Hall–Kier alpha value is -2.21. The highest BCUT2D eigenvalue weighted by molar-refractivity contribution is 7.11. The van der Waals surface area contributed by atoms with Gasteiger partial charge in [0.2, 0.25) is 0 Å². The first-order valence-electron chi connectivity index (χ1n) is 9.66. The van der Waals surface area contributed by atoms with Gasteiger partial charge in [0.1, 0.15) is 0 Å². The van der Waals surface area contributed by atoms with Crippen LogP contribution in [-0.4, -0.2) is 16.6 Å². The average molecular weight is 439 g/mol. The van der Waals surface area contributed by atoms with Crippen molar-refractivity contribution in [1.82, 2.24) is 5.01 Å². The van der Waals surface area contributed by atoms with Gasteiger partial charge in [-0.3, -0.25) is 4.79 Å². The third-order valence-electron chi connectivity index (χ3n) is 5.48. The predicted molar refractivity (Wildman–Crippen MR) is 122 cm³/mol. The molecular weight excluding hydrogens is 420 g/mol. The Bertz CT molecular complexity index is 1090. The Morgan fingerprint density at radius 2 is 2.00 bits per heavy atom. The summed E-state index contributed by atoms with van der Waals surface area (Å²) >= 11 is 9.57. The highest BCUT2D eigenvalue weighted by atomic mass is 35.5. The number of rotatable bonds is 3. The van der Waals surface area contributed by atoms with Gasteiger partial charge in [-0.25, -0.2) is 5.01 Å². The molecule has 2 atom stereocenters. The number of halogens is 1. The number of nitrogens with zero attached hydrogens (tertiary/aromatic N) is 2. The molecule has 29 heavy (non-hydrogen) atoms. The number of fused-ring (bicyclic) bond motifs is 1. The van der Waals surface area contributed by atoms with Crippen molar-refractivity contribution in [2.75, 3.05) is 0 Å². The van der Waals surface area contributed by atoms with E-state index in [9.17, 15) is 4.79 Å². The smallest absolute Gasteiger partial charge is 0.267 e. The SMILES string of the molecule is O=C(c1cccc(Cl)c1)N1N=C2/C(=C/c3cccs3)CCC[C@@H]2[C@@H]1c1cccs1. The number of hydrazone groups is 1. The Morgan fingerprint density at radius 1 is 1.14 bits per heavy atom. The first-order valence-corrected chi connectivity index (χ1v) is 11.8. The summed E-state index contributed by atoms with van der Waals surface area (Å²) < 4.78 is 0. The second-order valence-corrected chi connectivity index (χ2v) is 9.68. The van der Waals surface area contributed by atoms with Gasteiger partial charge in [-0.2, -0.15) is 5.10 Å². The number of allylic oxidation sites excluding steroid dienone is 1. The van der Waals surface area contributed by atoms with Crippen molar-refractivity contribution < 1.29 is 4.79 Å². The predicted octanol–water partition coefficient (Wildman–Crippen LogP) is 6.90. The van der Waals surface area contributed by atoms with Crippen LogP contribution in [0.3, 0.4) is 0 Å². The topological polar surface area (TPSA) is 32.7 Å². The first kappa shape index (κ1) is 18.8. The van der Waals surface area contributed by atoms with E-state index in [1.54, 1.807) is 39.8 Å². The van der Waals surface area contributed by atoms with E-state index in [1.165, 1.54) is 15.3 Å². The zero-order chi connectivity index (χ0) is 19.8. The minimum Gasteiger partial charge on any atom is -0.267 e. The number of hydrogen-bond donors (Lipinski definition) is 0. The number of hydrogen-bond acceptors (Lipinski definition) is 4. The van der Waals surface area contributed by atoms with Crippen LogP contribution in [0.25, 0.3) is 6.08 Å². The summed E-state index contributed by atoms with van der Waals surface area (Å²) in [5.41, 5.74) is 2.90. The van der Waals surface area contributed by atoms with Gasteiger partial charge < -0.3 is 0 Å². The van der Waals surface area contributed by atoms with E-state index in [2.05, 4.69) is 35.0 Å². The molecule has 146 valence electrons. The van der Waals surface area contributed by atoms with Crippen molar-refractivity contribution in [1.29, 1.82) is 0 Å². The summed E-state index contributed by atoms with van der Waals surface area (Å²) in [5, 5.41) is 11.3. The number of amides is 1. The maximum absolute atomic E-state index is 13.4. The first-order chi connectivity index (χ1) is 14.2. The fraction of sp³-hybridized carbons (Fsp3) is 0.217. The highest BCUT2D eigenvalue weighted by Gasteiger charge is 2.44. The third kappa shape index (κ3) is 3.59. The molecule has 1 aromatic carbocycles. The summed E-state index contributed by atoms with van der Waals surface area (Å²) in [4.78, 5) is 15.8. The largest absolute Gasteiger partial charge is 0.274 e. The van der Waals surface area contributed by atoms with E-state index in [-0.39, 0.29) is 17.9 Å². The molecule has 1 saturated carbocycles. The van der Waals surface area contributed by atoms with Gasteiger partial charge >= 0.3 is 0 Å². The van der Waals surface area contributed by atoms with E-state index in [0.717, 1.165) is 25.0 Å². The molecule has 0 spiro atoms. The molecule has 3 heterocycles. The molecule has 3 aromatic rings. The maximum atomic E-state index is 13.4. The van der Waals surface area contributed by atoms with Crippen molar-refractivity contribution in [2.24, 2.45) is 11.0 Å². The Morgan fingerprint density at radius 3 is 2.76 bits per heavy atom. The fourth-order valence-corrected chi connectivity index (χ4v) is 5.95. The molecule has 0 bridgehead atoms. The van der Waals surface area contributed by atoms with Crippen LogP contribution in [0.1, 0.15) is 45.4 Å². The zero-order valence-electron chi connectivity index (χ0n) is 15.6. The van der Waals surface area contributed by atoms with Gasteiger partial charge in [-0.05, 0) is 72.0 Å². The molecule has 1 aliphatic heterocycles. The second-order valence-electron chi connectivity index (χ2n) is 7.29. The van der Waals surface area contributed by atoms with Crippen LogP contribution in [0.15, 0.2) is 70.0 Å². The van der Waals surface area contributed by atoms with E-state index in [1.807, 2.05) is 18.2 Å². The molecule has 0 radical (unpaired) electrons. The van der Waals surface area contributed by atoms with Gasteiger partial charge in [-0.1, -0.05) is 29.8 Å². The van der Waals surface area contributed by atoms with Crippen LogP contribution >= 0.6 is 34.3 Å². The lowest BCUT2D eigenvalue weighted by Gasteiger charge is -2.28. The number of benzene rings is 1. The molecular formula is C23H19ClN2OS2. The van der Waals surface area contributed by atoms with Gasteiger partial charge in [-0.15, -0.1) is 22.7 Å². The van der Waals surface area contributed by atoms with Crippen LogP contribution in [-0.2, 0) is 0 Å². The fourth-order valence-electron chi connectivity index (χ4n) is 4.20. The maximum Gasteiger partial charge on any atom is 0.274 e. The van der Waals surface area contributed by atoms with Gasteiger partial charge in [0.25, 0.3) is 5.91 Å². The van der Waals surface area contributed by atoms with Crippen molar-refractivity contribution in [3.8, 4) is 0 Å². The van der Waals surface area contributed by atoms with E-state index in [4.69, 9.17) is 16.7 Å². The minimum atomic E-state index is -0.0942. The lowest BCUT2D eigenvalue weighted by atomic mass is 9.79. The molecule has 2 aromatic heterocycles.